The average Bonchev–Trinajstić information content (AvgIpc) is 3.43. The molecule has 0 radical (unpaired) electrons. The predicted octanol–water partition coefficient (Wildman–Crippen LogP) is 0.372. The van der Waals surface area contributed by atoms with Crippen LogP contribution in [0.4, 0.5) is 5.69 Å². The van der Waals surface area contributed by atoms with Crippen LogP contribution in [0.1, 0.15) is 25.7 Å². The second kappa shape index (κ2) is 11.1. The minimum atomic E-state index is -2.27. The number of piperazine rings is 1. The van der Waals surface area contributed by atoms with Crippen molar-refractivity contribution in [2.75, 3.05) is 44.2 Å². The fraction of sp³-hybridized carbons (Fsp3) is 0.636. The summed E-state index contributed by atoms with van der Waals surface area (Å²) in [5, 5.41) is 32.5. The molecule has 2 saturated heterocycles. The minimum absolute atomic E-state index is 0.212. The summed E-state index contributed by atoms with van der Waals surface area (Å²) >= 11 is 0. The lowest BCUT2D eigenvalue weighted by molar-refractivity contribution is -0.165. The first-order valence-corrected chi connectivity index (χ1v) is 11.0. The normalized spacial score (nSPS) is 24.6. The number of ether oxygens (including phenoxy) is 2. The van der Waals surface area contributed by atoms with E-state index in [2.05, 4.69) is 40.1 Å². The Hall–Kier alpha value is -2.24. The number of rotatable bonds is 6. The molecule has 10 nitrogen and oxygen atoms in total. The zero-order valence-electron chi connectivity index (χ0n) is 18.0. The molecule has 1 spiro atoms. The van der Waals surface area contributed by atoms with E-state index < -0.39 is 24.1 Å². The topological polar surface area (TPSA) is 140 Å². The number of benzene rings is 1. The number of carboxylic acids is 2. The fourth-order valence-electron chi connectivity index (χ4n) is 4.27. The molecule has 2 heterocycles. The molecule has 3 aliphatic rings. The molecule has 3 atom stereocenters. The van der Waals surface area contributed by atoms with Crippen molar-refractivity contribution < 1.29 is 39.5 Å². The van der Waals surface area contributed by atoms with Gasteiger partial charge in [0.1, 0.15) is 0 Å². The highest BCUT2D eigenvalue weighted by atomic mass is 16.7. The Bertz CT molecular complexity index is 730. The Morgan fingerprint density at radius 2 is 1.53 bits per heavy atom. The lowest BCUT2D eigenvalue weighted by atomic mass is 10.2. The lowest BCUT2D eigenvalue weighted by Crippen LogP contribution is -2.49. The number of hydrogen-bond acceptors (Lipinski definition) is 8. The molecule has 10 heteroatoms. The third-order valence-electron chi connectivity index (χ3n) is 6.04. The average molecular weight is 453 g/mol. The summed E-state index contributed by atoms with van der Waals surface area (Å²) in [5.74, 6) is -3.75. The van der Waals surface area contributed by atoms with E-state index in [1.54, 1.807) is 0 Å². The molecule has 0 bridgehead atoms. The van der Waals surface area contributed by atoms with E-state index in [1.165, 1.54) is 18.5 Å². The van der Waals surface area contributed by atoms with Gasteiger partial charge in [-0.2, -0.15) is 0 Å². The Balaban J connectivity index is 0.000000247. The Morgan fingerprint density at radius 1 is 0.969 bits per heavy atom. The summed E-state index contributed by atoms with van der Waals surface area (Å²) in [6.45, 7) is 6.22. The molecular weight excluding hydrogens is 420 g/mol. The van der Waals surface area contributed by atoms with Gasteiger partial charge in [-0.05, 0) is 25.0 Å². The summed E-state index contributed by atoms with van der Waals surface area (Å²) in [6, 6.07) is 10.7. The molecule has 4 N–H and O–H groups in total. The minimum Gasteiger partial charge on any atom is -0.479 e. The number of carbonyl (C=O) groups is 2. The van der Waals surface area contributed by atoms with Crippen LogP contribution in [0.5, 0.6) is 0 Å². The molecule has 4 rings (SSSR count). The maximum absolute atomic E-state index is 9.77. The van der Waals surface area contributed by atoms with Crippen LogP contribution in [0.15, 0.2) is 30.3 Å². The maximum Gasteiger partial charge on any atom is 0.335 e. The zero-order valence-corrected chi connectivity index (χ0v) is 18.0. The second-order valence-electron chi connectivity index (χ2n) is 8.36. The Kier molecular flexibility index (Phi) is 8.44. The zero-order chi connectivity index (χ0) is 23.1. The molecule has 32 heavy (non-hydrogen) atoms. The lowest BCUT2D eigenvalue weighted by Gasteiger charge is -2.37. The largest absolute Gasteiger partial charge is 0.479 e. The van der Waals surface area contributed by atoms with Crippen LogP contribution < -0.4 is 4.90 Å². The fourth-order valence-corrected chi connectivity index (χ4v) is 4.27. The number of aliphatic hydroxyl groups is 2. The molecule has 3 fully saturated rings. The molecule has 1 aliphatic carbocycles. The molecule has 1 aromatic rings. The van der Waals surface area contributed by atoms with E-state index >= 15 is 0 Å². The maximum atomic E-state index is 9.77. The quantitative estimate of drug-likeness (QED) is 0.479. The van der Waals surface area contributed by atoms with Crippen molar-refractivity contribution in [3.05, 3.63) is 30.3 Å². The number of para-hydroxylation sites is 1. The molecule has 178 valence electrons. The third kappa shape index (κ3) is 6.39. The molecule has 0 unspecified atom stereocenters. The van der Waals surface area contributed by atoms with Crippen LogP contribution >= 0.6 is 0 Å². The molecule has 1 saturated carbocycles. The van der Waals surface area contributed by atoms with Gasteiger partial charge in [-0.3, -0.25) is 4.90 Å². The number of anilines is 1. The summed E-state index contributed by atoms with van der Waals surface area (Å²) < 4.78 is 12.2. The van der Waals surface area contributed by atoms with Crippen LogP contribution in [0, 0.1) is 0 Å². The van der Waals surface area contributed by atoms with Crippen molar-refractivity contribution >= 4 is 17.6 Å². The highest BCUT2D eigenvalue weighted by Gasteiger charge is 2.44. The van der Waals surface area contributed by atoms with E-state index in [1.807, 2.05) is 0 Å². The van der Waals surface area contributed by atoms with Crippen molar-refractivity contribution in [2.45, 2.75) is 49.8 Å². The van der Waals surface area contributed by atoms with Gasteiger partial charge in [-0.25, -0.2) is 9.59 Å². The SMILES string of the molecule is O=C(O)[C@H](O)[C@@H](O)C(=O)O.c1ccc(N2CCN(C[C@H]3COC4(CCCC4)O3)CC2)cc1. The Morgan fingerprint density at radius 3 is 2.06 bits per heavy atom. The summed E-state index contributed by atoms with van der Waals surface area (Å²) in [7, 11) is 0. The van der Waals surface area contributed by atoms with Crippen molar-refractivity contribution in [3.63, 3.8) is 0 Å². The van der Waals surface area contributed by atoms with Crippen LogP contribution in [0.2, 0.25) is 0 Å². The first-order chi connectivity index (χ1) is 15.3. The number of nitrogens with zero attached hydrogens (tertiary/aromatic N) is 2. The number of aliphatic hydroxyl groups excluding tert-OH is 2. The van der Waals surface area contributed by atoms with Gasteiger partial charge in [0, 0.05) is 51.3 Å². The van der Waals surface area contributed by atoms with E-state index in [4.69, 9.17) is 29.9 Å². The molecule has 2 aliphatic heterocycles. The van der Waals surface area contributed by atoms with Crippen molar-refractivity contribution in [1.29, 1.82) is 0 Å². The number of hydrogen-bond donors (Lipinski definition) is 4. The molecule has 0 amide bonds. The first-order valence-electron chi connectivity index (χ1n) is 11.0. The van der Waals surface area contributed by atoms with E-state index in [0.717, 1.165) is 52.2 Å². The predicted molar refractivity (Wildman–Crippen MR) is 114 cm³/mol. The van der Waals surface area contributed by atoms with Crippen LogP contribution in [0.3, 0.4) is 0 Å². The molecule has 1 aromatic carbocycles. The highest BCUT2D eigenvalue weighted by molar-refractivity contribution is 5.83. The third-order valence-corrected chi connectivity index (χ3v) is 6.04. The van der Waals surface area contributed by atoms with E-state index in [9.17, 15) is 9.59 Å². The van der Waals surface area contributed by atoms with Crippen molar-refractivity contribution in [3.8, 4) is 0 Å². The molecular formula is C22H32N2O8. The van der Waals surface area contributed by atoms with Crippen LogP contribution in [-0.4, -0.2) is 101 Å². The molecule has 0 aromatic heterocycles. The van der Waals surface area contributed by atoms with E-state index in [-0.39, 0.29) is 11.9 Å². The van der Waals surface area contributed by atoms with Gasteiger partial charge in [0.05, 0.1) is 12.7 Å². The second-order valence-corrected chi connectivity index (χ2v) is 8.36. The number of aliphatic carboxylic acids is 2. The monoisotopic (exact) mass is 452 g/mol. The van der Waals surface area contributed by atoms with Gasteiger partial charge < -0.3 is 34.8 Å². The van der Waals surface area contributed by atoms with Gasteiger partial charge in [0.25, 0.3) is 0 Å². The Labute approximate surface area is 187 Å². The standard InChI is InChI=1S/C18H26N2O2.C4H6O6/c1-2-6-16(7-3-1)20-12-10-19(11-13-20)14-17-15-21-18(22-17)8-4-5-9-18;5-1(3(7)8)2(6)4(9)10/h1-3,6-7,17H,4-5,8-15H2;1-2,5-6H,(H,7,8)(H,9,10)/t17-;1-,2-/m01/s1. The van der Waals surface area contributed by atoms with E-state index in [0.29, 0.717) is 0 Å². The van der Waals surface area contributed by atoms with Gasteiger partial charge in [0.2, 0.25) is 0 Å². The smallest absolute Gasteiger partial charge is 0.335 e. The first kappa shape index (κ1) is 24.4. The van der Waals surface area contributed by atoms with Crippen molar-refractivity contribution in [1.82, 2.24) is 4.90 Å². The van der Waals surface area contributed by atoms with Gasteiger partial charge in [-0.15, -0.1) is 0 Å². The van der Waals surface area contributed by atoms with Gasteiger partial charge in [-0.1, -0.05) is 18.2 Å². The highest BCUT2D eigenvalue weighted by Crippen LogP contribution is 2.39. The summed E-state index contributed by atoms with van der Waals surface area (Å²) in [6.07, 6.45) is 0.415. The van der Waals surface area contributed by atoms with Gasteiger partial charge in [0.15, 0.2) is 18.0 Å². The van der Waals surface area contributed by atoms with Crippen molar-refractivity contribution in [2.24, 2.45) is 0 Å². The summed E-state index contributed by atoms with van der Waals surface area (Å²) in [4.78, 5) is 24.5. The van der Waals surface area contributed by atoms with Crippen LogP contribution in [-0.2, 0) is 19.1 Å². The number of carboxylic acid groups (broad SMARTS) is 2. The summed E-state index contributed by atoms with van der Waals surface area (Å²) in [5.41, 5.74) is 1.34. The van der Waals surface area contributed by atoms with Gasteiger partial charge >= 0.3 is 11.9 Å². The van der Waals surface area contributed by atoms with Crippen LogP contribution in [0.25, 0.3) is 0 Å².